The summed E-state index contributed by atoms with van der Waals surface area (Å²) in [5.41, 5.74) is 3.40. The fraction of sp³-hybridized carbons (Fsp3) is 0.250. The van der Waals surface area contributed by atoms with Crippen molar-refractivity contribution in [1.29, 1.82) is 0 Å². The van der Waals surface area contributed by atoms with Gasteiger partial charge in [0.1, 0.15) is 11.5 Å². The maximum absolute atomic E-state index is 5.27. The van der Waals surface area contributed by atoms with Gasteiger partial charge in [-0.15, -0.1) is 0 Å². The Bertz CT molecular complexity index is 577. The topological polar surface area (TPSA) is 30.5 Å². The zero-order chi connectivity index (χ0) is 14.5. The smallest absolute Gasteiger partial charge is 0.122 e. The first-order valence-corrected chi connectivity index (χ1v) is 7.13. The third kappa shape index (κ3) is 3.67. The van der Waals surface area contributed by atoms with E-state index in [2.05, 4.69) is 46.4 Å². The van der Waals surface area contributed by atoms with E-state index in [1.165, 1.54) is 5.56 Å². The Morgan fingerprint density at radius 2 is 1.65 bits per heavy atom. The molecular weight excluding hydrogens is 318 g/mol. The number of methoxy groups -OCH3 is 2. The van der Waals surface area contributed by atoms with E-state index in [1.54, 1.807) is 14.2 Å². The Morgan fingerprint density at radius 1 is 1.00 bits per heavy atom. The fourth-order valence-corrected chi connectivity index (χ4v) is 2.56. The maximum atomic E-state index is 5.27. The summed E-state index contributed by atoms with van der Waals surface area (Å²) >= 11 is 3.57. The number of halogens is 1. The molecule has 0 aromatic heterocycles. The molecule has 0 bridgehead atoms. The molecule has 0 radical (unpaired) electrons. The number of hydrogen-bond acceptors (Lipinski definition) is 3. The van der Waals surface area contributed by atoms with Crippen molar-refractivity contribution in [3.63, 3.8) is 0 Å². The van der Waals surface area contributed by atoms with Crippen molar-refractivity contribution < 1.29 is 9.47 Å². The van der Waals surface area contributed by atoms with Crippen molar-refractivity contribution in [2.75, 3.05) is 19.5 Å². The Labute approximate surface area is 128 Å². The van der Waals surface area contributed by atoms with Gasteiger partial charge in [-0.05, 0) is 58.2 Å². The molecule has 4 heteroatoms. The molecule has 2 aromatic rings. The molecule has 0 saturated carbocycles. The molecule has 1 N–H and O–H groups in total. The van der Waals surface area contributed by atoms with Gasteiger partial charge in [0, 0.05) is 22.8 Å². The summed E-state index contributed by atoms with van der Waals surface area (Å²) in [6.45, 7) is 2.77. The molecule has 0 aliphatic heterocycles. The predicted molar refractivity (Wildman–Crippen MR) is 85.8 cm³/mol. The second-order valence-corrected chi connectivity index (χ2v) is 5.41. The molecule has 0 unspecified atom stereocenters. The summed E-state index contributed by atoms with van der Waals surface area (Å²) in [6, 6.07) is 12.1. The number of rotatable bonds is 5. The van der Waals surface area contributed by atoms with E-state index in [1.807, 2.05) is 18.2 Å². The number of nitrogens with one attached hydrogen (secondary N) is 1. The van der Waals surface area contributed by atoms with Crippen LogP contribution in [0.25, 0.3) is 0 Å². The van der Waals surface area contributed by atoms with E-state index >= 15 is 0 Å². The van der Waals surface area contributed by atoms with Crippen LogP contribution in [0, 0.1) is 6.92 Å². The summed E-state index contributed by atoms with van der Waals surface area (Å²) in [5, 5.41) is 3.40. The van der Waals surface area contributed by atoms with Crippen LogP contribution < -0.4 is 14.8 Å². The molecular formula is C16H18BrNO2. The van der Waals surface area contributed by atoms with Crippen LogP contribution in [0.15, 0.2) is 40.9 Å². The third-order valence-electron chi connectivity index (χ3n) is 3.02. The van der Waals surface area contributed by atoms with Gasteiger partial charge in [0.2, 0.25) is 0 Å². The zero-order valence-electron chi connectivity index (χ0n) is 11.9. The molecule has 0 heterocycles. The molecule has 0 aliphatic carbocycles. The molecule has 2 aromatic carbocycles. The van der Waals surface area contributed by atoms with Crippen LogP contribution in [-0.4, -0.2) is 14.2 Å². The number of aryl methyl sites for hydroxylation is 1. The Kier molecular flexibility index (Phi) is 4.90. The van der Waals surface area contributed by atoms with Crippen LogP contribution in [0.1, 0.15) is 11.1 Å². The molecule has 20 heavy (non-hydrogen) atoms. The minimum absolute atomic E-state index is 0.704. The predicted octanol–water partition coefficient (Wildman–Crippen LogP) is 4.39. The van der Waals surface area contributed by atoms with Crippen LogP contribution in [0.5, 0.6) is 11.5 Å². The monoisotopic (exact) mass is 335 g/mol. The first kappa shape index (κ1) is 14.7. The first-order chi connectivity index (χ1) is 9.62. The third-order valence-corrected chi connectivity index (χ3v) is 3.67. The minimum atomic E-state index is 0.704. The van der Waals surface area contributed by atoms with Gasteiger partial charge in [-0.1, -0.05) is 6.07 Å². The highest BCUT2D eigenvalue weighted by molar-refractivity contribution is 9.10. The Hall–Kier alpha value is -1.68. The molecule has 0 atom stereocenters. The van der Waals surface area contributed by atoms with Crippen molar-refractivity contribution >= 4 is 21.6 Å². The van der Waals surface area contributed by atoms with Crippen LogP contribution in [0.2, 0.25) is 0 Å². The van der Waals surface area contributed by atoms with Gasteiger partial charge in [0.05, 0.1) is 14.2 Å². The van der Waals surface area contributed by atoms with Gasteiger partial charge in [-0.2, -0.15) is 0 Å². The summed E-state index contributed by atoms with van der Waals surface area (Å²) in [5.74, 6) is 1.59. The lowest BCUT2D eigenvalue weighted by molar-refractivity contribution is 0.393. The summed E-state index contributed by atoms with van der Waals surface area (Å²) in [7, 11) is 3.31. The molecule has 0 saturated heterocycles. The van der Waals surface area contributed by atoms with E-state index in [-0.39, 0.29) is 0 Å². The lowest BCUT2D eigenvalue weighted by Crippen LogP contribution is -2.01. The van der Waals surface area contributed by atoms with Gasteiger partial charge in [0.25, 0.3) is 0 Å². The number of hydrogen-bond donors (Lipinski definition) is 1. The van der Waals surface area contributed by atoms with Crippen molar-refractivity contribution in [3.05, 3.63) is 52.0 Å². The molecule has 0 fully saturated rings. The van der Waals surface area contributed by atoms with E-state index in [0.717, 1.165) is 27.2 Å². The zero-order valence-corrected chi connectivity index (χ0v) is 13.5. The fourth-order valence-electron chi connectivity index (χ4n) is 1.93. The van der Waals surface area contributed by atoms with Gasteiger partial charge >= 0.3 is 0 Å². The van der Waals surface area contributed by atoms with Crippen LogP contribution >= 0.6 is 15.9 Å². The van der Waals surface area contributed by atoms with Gasteiger partial charge in [0.15, 0.2) is 0 Å². The highest BCUT2D eigenvalue weighted by Crippen LogP contribution is 2.26. The normalized spacial score (nSPS) is 10.2. The average Bonchev–Trinajstić information content (AvgIpc) is 2.46. The highest BCUT2D eigenvalue weighted by atomic mass is 79.9. The first-order valence-electron chi connectivity index (χ1n) is 6.34. The number of ether oxygens (including phenoxy) is 2. The quantitative estimate of drug-likeness (QED) is 0.879. The molecule has 2 rings (SSSR count). The lowest BCUT2D eigenvalue weighted by atomic mass is 10.2. The van der Waals surface area contributed by atoms with Gasteiger partial charge in [-0.3, -0.25) is 0 Å². The van der Waals surface area contributed by atoms with E-state index in [0.29, 0.717) is 6.54 Å². The lowest BCUT2D eigenvalue weighted by Gasteiger charge is -2.12. The molecule has 0 spiro atoms. The summed E-state index contributed by atoms with van der Waals surface area (Å²) in [4.78, 5) is 0. The van der Waals surface area contributed by atoms with E-state index < -0.39 is 0 Å². The largest absolute Gasteiger partial charge is 0.497 e. The van der Waals surface area contributed by atoms with Gasteiger partial charge < -0.3 is 14.8 Å². The summed E-state index contributed by atoms with van der Waals surface area (Å²) in [6.07, 6.45) is 0. The number of anilines is 1. The second-order valence-electron chi connectivity index (χ2n) is 4.56. The molecule has 0 aliphatic rings. The minimum Gasteiger partial charge on any atom is -0.497 e. The molecule has 106 valence electrons. The second kappa shape index (κ2) is 6.66. The highest BCUT2D eigenvalue weighted by Gasteiger charge is 2.04. The van der Waals surface area contributed by atoms with Crippen molar-refractivity contribution in [2.45, 2.75) is 13.5 Å². The summed E-state index contributed by atoms with van der Waals surface area (Å²) < 4.78 is 11.6. The van der Waals surface area contributed by atoms with Crippen molar-refractivity contribution in [3.8, 4) is 11.5 Å². The van der Waals surface area contributed by atoms with Crippen molar-refractivity contribution in [2.24, 2.45) is 0 Å². The van der Waals surface area contributed by atoms with Crippen LogP contribution in [0.3, 0.4) is 0 Å². The number of benzene rings is 2. The Morgan fingerprint density at radius 3 is 2.20 bits per heavy atom. The van der Waals surface area contributed by atoms with E-state index in [4.69, 9.17) is 9.47 Å². The van der Waals surface area contributed by atoms with E-state index in [9.17, 15) is 0 Å². The van der Waals surface area contributed by atoms with Crippen LogP contribution in [0.4, 0.5) is 5.69 Å². The standard InChI is InChI=1S/C16H18BrNO2/c1-11-4-5-16(15(17)6-11)18-10-12-7-13(19-2)9-14(8-12)20-3/h4-9,18H,10H2,1-3H3. The van der Waals surface area contributed by atoms with Gasteiger partial charge in [-0.25, -0.2) is 0 Å². The van der Waals surface area contributed by atoms with Crippen LogP contribution in [-0.2, 0) is 6.54 Å². The SMILES string of the molecule is COc1cc(CNc2ccc(C)cc2Br)cc(OC)c1. The Balaban J connectivity index is 2.13. The average molecular weight is 336 g/mol. The molecule has 3 nitrogen and oxygen atoms in total. The maximum Gasteiger partial charge on any atom is 0.122 e. The molecule has 0 amide bonds. The van der Waals surface area contributed by atoms with Crippen molar-refractivity contribution in [1.82, 2.24) is 0 Å².